The summed E-state index contributed by atoms with van der Waals surface area (Å²) in [4.78, 5) is 4.17. The minimum absolute atomic E-state index is 0. The van der Waals surface area contributed by atoms with E-state index in [4.69, 9.17) is 11.6 Å². The highest BCUT2D eigenvalue weighted by molar-refractivity contribution is 14.0. The third-order valence-electron chi connectivity index (χ3n) is 3.51. The standard InChI is InChI=1S/C17H28ClN3O2S.HI/c1-17(2,12-14-7-5-8-15(18)11-14)13-21-16(19-3)20-9-6-10-24(4,22)23;/h5,7-8,11H,6,9-10,12-13H2,1-4H3,(H2,19,20,21);1H. The Morgan fingerprint density at radius 3 is 2.52 bits per heavy atom. The van der Waals surface area contributed by atoms with Crippen molar-refractivity contribution in [2.45, 2.75) is 26.7 Å². The van der Waals surface area contributed by atoms with E-state index in [0.717, 1.165) is 18.0 Å². The van der Waals surface area contributed by atoms with E-state index in [2.05, 4.69) is 35.5 Å². The predicted octanol–water partition coefficient (Wildman–Crippen LogP) is 3.13. The van der Waals surface area contributed by atoms with Crippen LogP contribution < -0.4 is 10.6 Å². The van der Waals surface area contributed by atoms with Crippen LogP contribution in [0.3, 0.4) is 0 Å². The van der Waals surface area contributed by atoms with Crippen molar-refractivity contribution >= 4 is 51.4 Å². The predicted molar refractivity (Wildman–Crippen MR) is 118 cm³/mol. The third-order valence-corrected chi connectivity index (χ3v) is 4.78. The lowest BCUT2D eigenvalue weighted by molar-refractivity contribution is 0.359. The quantitative estimate of drug-likeness (QED) is 0.248. The fourth-order valence-electron chi connectivity index (χ4n) is 2.35. The molecule has 1 aromatic rings. The van der Waals surface area contributed by atoms with Crippen molar-refractivity contribution in [2.24, 2.45) is 10.4 Å². The van der Waals surface area contributed by atoms with E-state index in [0.29, 0.717) is 18.9 Å². The van der Waals surface area contributed by atoms with Crippen LogP contribution in [0, 0.1) is 5.41 Å². The van der Waals surface area contributed by atoms with Gasteiger partial charge < -0.3 is 10.6 Å². The molecule has 0 aliphatic heterocycles. The summed E-state index contributed by atoms with van der Waals surface area (Å²) < 4.78 is 22.2. The number of sulfone groups is 1. The van der Waals surface area contributed by atoms with Gasteiger partial charge in [0, 0.05) is 31.4 Å². The highest BCUT2D eigenvalue weighted by Crippen LogP contribution is 2.22. The van der Waals surface area contributed by atoms with Gasteiger partial charge in [-0.05, 0) is 36.0 Å². The van der Waals surface area contributed by atoms with E-state index < -0.39 is 9.84 Å². The zero-order valence-corrected chi connectivity index (χ0v) is 19.2. The Morgan fingerprint density at radius 1 is 1.28 bits per heavy atom. The van der Waals surface area contributed by atoms with E-state index in [1.165, 1.54) is 11.8 Å². The third kappa shape index (κ3) is 11.6. The van der Waals surface area contributed by atoms with Crippen molar-refractivity contribution in [3.8, 4) is 0 Å². The van der Waals surface area contributed by atoms with Crippen molar-refractivity contribution in [1.82, 2.24) is 10.6 Å². The van der Waals surface area contributed by atoms with Gasteiger partial charge in [-0.3, -0.25) is 4.99 Å². The van der Waals surface area contributed by atoms with Gasteiger partial charge in [0.1, 0.15) is 9.84 Å². The minimum atomic E-state index is -2.91. The van der Waals surface area contributed by atoms with Crippen LogP contribution in [-0.4, -0.2) is 46.5 Å². The fourth-order valence-corrected chi connectivity index (χ4v) is 3.23. The molecule has 0 saturated carbocycles. The maximum atomic E-state index is 11.1. The second-order valence-corrected chi connectivity index (χ2v) is 9.50. The maximum absolute atomic E-state index is 11.1. The molecule has 0 bridgehead atoms. The van der Waals surface area contributed by atoms with E-state index in [-0.39, 0.29) is 35.1 Å². The molecule has 0 radical (unpaired) electrons. The first-order chi connectivity index (χ1) is 11.1. The first kappa shape index (κ1) is 24.5. The molecule has 1 aromatic carbocycles. The smallest absolute Gasteiger partial charge is 0.190 e. The monoisotopic (exact) mass is 501 g/mol. The molecule has 25 heavy (non-hydrogen) atoms. The number of nitrogens with one attached hydrogen (secondary N) is 2. The number of aliphatic imine (C=N–C) groups is 1. The van der Waals surface area contributed by atoms with Crippen LogP contribution >= 0.6 is 35.6 Å². The molecule has 2 N–H and O–H groups in total. The normalized spacial score (nSPS) is 12.4. The maximum Gasteiger partial charge on any atom is 0.190 e. The van der Waals surface area contributed by atoms with Crippen LogP contribution in [0.2, 0.25) is 5.02 Å². The lowest BCUT2D eigenvalue weighted by Crippen LogP contribution is -2.43. The Hall–Kier alpha value is -0.540. The molecule has 0 spiro atoms. The highest BCUT2D eigenvalue weighted by Gasteiger charge is 2.19. The van der Waals surface area contributed by atoms with Gasteiger partial charge in [-0.25, -0.2) is 8.42 Å². The van der Waals surface area contributed by atoms with Gasteiger partial charge in [-0.1, -0.05) is 37.6 Å². The van der Waals surface area contributed by atoms with Gasteiger partial charge in [0.05, 0.1) is 5.75 Å². The van der Waals surface area contributed by atoms with E-state index in [1.807, 2.05) is 18.2 Å². The van der Waals surface area contributed by atoms with Crippen LogP contribution in [0.15, 0.2) is 29.3 Å². The molecule has 0 unspecified atom stereocenters. The number of hydrogen-bond acceptors (Lipinski definition) is 3. The van der Waals surface area contributed by atoms with Crippen LogP contribution in [-0.2, 0) is 16.3 Å². The summed E-state index contributed by atoms with van der Waals surface area (Å²) in [7, 11) is -1.21. The molecule has 0 amide bonds. The zero-order chi connectivity index (χ0) is 18.2. The Morgan fingerprint density at radius 2 is 1.96 bits per heavy atom. The summed E-state index contributed by atoms with van der Waals surface area (Å²) in [6.07, 6.45) is 2.70. The van der Waals surface area contributed by atoms with Crippen LogP contribution in [0.4, 0.5) is 0 Å². The van der Waals surface area contributed by atoms with Crippen LogP contribution in [0.25, 0.3) is 0 Å². The highest BCUT2D eigenvalue weighted by atomic mass is 127. The molecule has 0 saturated heterocycles. The second-order valence-electron chi connectivity index (χ2n) is 6.81. The molecule has 0 fully saturated rings. The Balaban J connectivity index is 0.00000576. The number of nitrogens with zero attached hydrogens (tertiary/aromatic N) is 1. The van der Waals surface area contributed by atoms with Crippen molar-refractivity contribution in [3.05, 3.63) is 34.9 Å². The van der Waals surface area contributed by atoms with Crippen molar-refractivity contribution < 1.29 is 8.42 Å². The number of rotatable bonds is 8. The molecule has 0 aliphatic rings. The summed E-state index contributed by atoms with van der Waals surface area (Å²) in [5, 5.41) is 7.19. The number of benzene rings is 1. The molecule has 0 aliphatic carbocycles. The lowest BCUT2D eigenvalue weighted by atomic mass is 9.86. The molecule has 5 nitrogen and oxygen atoms in total. The van der Waals surface area contributed by atoms with Gasteiger partial charge in [0.25, 0.3) is 0 Å². The van der Waals surface area contributed by atoms with Gasteiger partial charge in [-0.15, -0.1) is 24.0 Å². The Labute approximate surface area is 174 Å². The molecule has 1 rings (SSSR count). The van der Waals surface area contributed by atoms with Gasteiger partial charge in [-0.2, -0.15) is 0 Å². The molecular weight excluding hydrogens is 473 g/mol. The summed E-state index contributed by atoms with van der Waals surface area (Å²) >= 11 is 6.04. The number of guanidine groups is 1. The molecule has 0 aromatic heterocycles. The van der Waals surface area contributed by atoms with E-state index >= 15 is 0 Å². The number of hydrogen-bond donors (Lipinski definition) is 2. The molecule has 0 heterocycles. The van der Waals surface area contributed by atoms with Gasteiger partial charge >= 0.3 is 0 Å². The Kier molecular flexibility index (Phi) is 11.0. The fraction of sp³-hybridized carbons (Fsp3) is 0.588. The first-order valence-electron chi connectivity index (χ1n) is 7.98. The van der Waals surface area contributed by atoms with Crippen molar-refractivity contribution in [3.63, 3.8) is 0 Å². The summed E-state index contributed by atoms with van der Waals surface area (Å²) in [5.41, 5.74) is 1.22. The van der Waals surface area contributed by atoms with Crippen molar-refractivity contribution in [2.75, 3.05) is 32.1 Å². The SMILES string of the molecule is CN=C(NCCCS(C)(=O)=O)NCC(C)(C)Cc1cccc(Cl)c1.I. The average molecular weight is 502 g/mol. The van der Waals surface area contributed by atoms with Crippen LogP contribution in [0.5, 0.6) is 0 Å². The Bertz CT molecular complexity index is 664. The topological polar surface area (TPSA) is 70.6 Å². The van der Waals surface area contributed by atoms with E-state index in [9.17, 15) is 8.42 Å². The van der Waals surface area contributed by atoms with Crippen LogP contribution in [0.1, 0.15) is 25.8 Å². The molecule has 144 valence electrons. The summed E-state index contributed by atoms with van der Waals surface area (Å²) in [5.74, 6) is 0.861. The molecule has 0 atom stereocenters. The van der Waals surface area contributed by atoms with E-state index in [1.54, 1.807) is 7.05 Å². The lowest BCUT2D eigenvalue weighted by Gasteiger charge is -2.26. The van der Waals surface area contributed by atoms with Gasteiger partial charge in [0.15, 0.2) is 5.96 Å². The first-order valence-corrected chi connectivity index (χ1v) is 10.4. The largest absolute Gasteiger partial charge is 0.356 e. The average Bonchev–Trinajstić information content (AvgIpc) is 2.45. The summed E-state index contributed by atoms with van der Waals surface area (Å²) in [6, 6.07) is 7.90. The zero-order valence-electron chi connectivity index (χ0n) is 15.3. The summed E-state index contributed by atoms with van der Waals surface area (Å²) in [6.45, 7) is 5.67. The molecule has 8 heteroatoms. The van der Waals surface area contributed by atoms with Crippen molar-refractivity contribution in [1.29, 1.82) is 0 Å². The minimum Gasteiger partial charge on any atom is -0.356 e. The van der Waals surface area contributed by atoms with Gasteiger partial charge in [0.2, 0.25) is 0 Å². The second kappa shape index (κ2) is 11.2. The number of halogens is 2. The molecular formula is C17H29ClIN3O2S.